The molecule has 2 rings (SSSR count). The molecule has 0 spiro atoms. The van der Waals surface area contributed by atoms with Gasteiger partial charge in [-0.3, -0.25) is 14.6 Å². The van der Waals surface area contributed by atoms with E-state index in [1.54, 1.807) is 36.4 Å². The molecule has 0 unspecified atom stereocenters. The van der Waals surface area contributed by atoms with Crippen LogP contribution in [0.15, 0.2) is 48.7 Å². The van der Waals surface area contributed by atoms with Crippen LogP contribution in [0.5, 0.6) is 0 Å². The van der Waals surface area contributed by atoms with E-state index in [1.165, 1.54) is 12.3 Å². The third-order valence-corrected chi connectivity index (χ3v) is 2.26. The van der Waals surface area contributed by atoms with Gasteiger partial charge in [-0.2, -0.15) is 0 Å². The third kappa shape index (κ3) is 2.36. The maximum atomic E-state index is 11.8. The molecule has 17 heavy (non-hydrogen) atoms. The van der Waals surface area contributed by atoms with E-state index in [4.69, 9.17) is 5.73 Å². The summed E-state index contributed by atoms with van der Waals surface area (Å²) in [6.45, 7) is 0. The number of carbonyl (C=O) groups excluding carboxylic acids is 2. The molecule has 0 saturated carbocycles. The number of hydrogen-bond donors (Lipinski definition) is 1. The molecule has 0 bridgehead atoms. The molecule has 0 radical (unpaired) electrons. The Morgan fingerprint density at radius 3 is 2.24 bits per heavy atom. The lowest BCUT2D eigenvalue weighted by molar-refractivity contribution is 0.0814. The topological polar surface area (TPSA) is 73.1 Å². The van der Waals surface area contributed by atoms with Crippen LogP contribution in [0.25, 0.3) is 0 Å². The molecule has 4 heteroatoms. The summed E-state index contributed by atoms with van der Waals surface area (Å²) in [5.41, 5.74) is 6.37. The van der Waals surface area contributed by atoms with Gasteiger partial charge in [-0.05, 0) is 12.1 Å². The van der Waals surface area contributed by atoms with Gasteiger partial charge in [0.25, 0.3) is 5.78 Å². The first kappa shape index (κ1) is 11.0. The van der Waals surface area contributed by atoms with Crippen molar-refractivity contribution >= 4 is 17.3 Å². The predicted molar refractivity (Wildman–Crippen MR) is 63.8 cm³/mol. The summed E-state index contributed by atoms with van der Waals surface area (Å²) in [6.07, 6.45) is 1.35. The lowest BCUT2D eigenvalue weighted by Gasteiger charge is -2.00. The Morgan fingerprint density at radius 2 is 1.65 bits per heavy atom. The van der Waals surface area contributed by atoms with Gasteiger partial charge >= 0.3 is 0 Å². The minimum atomic E-state index is -0.629. The lowest BCUT2D eigenvalue weighted by atomic mass is 10.1. The van der Waals surface area contributed by atoms with Crippen LogP contribution in [-0.2, 0) is 0 Å². The number of nitrogens with two attached hydrogens (primary N) is 1. The summed E-state index contributed by atoms with van der Waals surface area (Å²) in [7, 11) is 0. The van der Waals surface area contributed by atoms with Crippen molar-refractivity contribution in [3.8, 4) is 0 Å². The fourth-order valence-corrected chi connectivity index (χ4v) is 1.38. The number of nitrogens with zero attached hydrogens (tertiary/aromatic N) is 1. The Hall–Kier alpha value is -2.49. The molecule has 0 fully saturated rings. The summed E-state index contributed by atoms with van der Waals surface area (Å²) in [4.78, 5) is 27.4. The van der Waals surface area contributed by atoms with Crippen LogP contribution in [0.1, 0.15) is 20.8 Å². The molecular formula is C13H10N2O2. The Labute approximate surface area is 98.1 Å². The van der Waals surface area contributed by atoms with Crippen molar-refractivity contribution in [2.45, 2.75) is 0 Å². The number of hydrogen-bond acceptors (Lipinski definition) is 4. The number of pyridine rings is 1. The Bertz CT molecular complexity index is 547. The van der Waals surface area contributed by atoms with Gasteiger partial charge in [-0.1, -0.05) is 30.3 Å². The fourth-order valence-electron chi connectivity index (χ4n) is 1.38. The molecule has 0 aliphatic heterocycles. The van der Waals surface area contributed by atoms with Gasteiger partial charge in [0.05, 0.1) is 11.9 Å². The first-order valence-corrected chi connectivity index (χ1v) is 5.04. The monoisotopic (exact) mass is 226 g/mol. The molecule has 0 aliphatic rings. The number of nitrogen functional groups attached to an aromatic ring is 1. The molecule has 0 saturated heterocycles. The highest BCUT2D eigenvalue weighted by atomic mass is 16.2. The molecule has 1 aromatic heterocycles. The largest absolute Gasteiger partial charge is 0.397 e. The molecular weight excluding hydrogens is 216 g/mol. The zero-order valence-corrected chi connectivity index (χ0v) is 8.96. The van der Waals surface area contributed by atoms with E-state index in [0.29, 0.717) is 11.3 Å². The second-order valence-electron chi connectivity index (χ2n) is 3.50. The summed E-state index contributed by atoms with van der Waals surface area (Å²) in [5, 5.41) is 0. The van der Waals surface area contributed by atoms with Gasteiger partial charge < -0.3 is 5.73 Å². The molecule has 0 amide bonds. The van der Waals surface area contributed by atoms with Crippen molar-refractivity contribution < 1.29 is 9.59 Å². The van der Waals surface area contributed by atoms with Gasteiger partial charge in [0, 0.05) is 5.56 Å². The second kappa shape index (κ2) is 4.57. The minimum Gasteiger partial charge on any atom is -0.397 e. The normalized spacial score (nSPS) is 9.88. The molecule has 0 atom stereocenters. The maximum absolute atomic E-state index is 11.8. The van der Waals surface area contributed by atoms with Crippen LogP contribution in [0.3, 0.4) is 0 Å². The molecule has 2 aromatic rings. The van der Waals surface area contributed by atoms with Gasteiger partial charge in [-0.15, -0.1) is 0 Å². The number of Topliss-reactive ketones (excluding diaryl/α,β-unsaturated/α-hetero) is 2. The maximum Gasteiger partial charge on any atom is 0.251 e. The summed E-state index contributed by atoms with van der Waals surface area (Å²) in [5.74, 6) is -1.20. The third-order valence-electron chi connectivity index (χ3n) is 2.26. The standard InChI is InChI=1S/C13H10N2O2/c14-10-6-7-11(15-8-10)13(17)12(16)9-4-2-1-3-5-9/h1-8H,14H2. The minimum absolute atomic E-state index is 0.105. The van der Waals surface area contributed by atoms with Crippen LogP contribution >= 0.6 is 0 Å². The average Bonchev–Trinajstić information content (AvgIpc) is 2.39. The van der Waals surface area contributed by atoms with Crippen LogP contribution in [-0.4, -0.2) is 16.6 Å². The van der Waals surface area contributed by atoms with Gasteiger partial charge in [-0.25, -0.2) is 0 Å². The Balaban J connectivity index is 2.27. The summed E-state index contributed by atoms with van der Waals surface area (Å²) in [6, 6.07) is 11.4. The van der Waals surface area contributed by atoms with E-state index in [0.717, 1.165) is 0 Å². The highest BCUT2D eigenvalue weighted by Crippen LogP contribution is 2.07. The summed E-state index contributed by atoms with van der Waals surface area (Å²) < 4.78 is 0. The number of aromatic nitrogens is 1. The predicted octanol–water partition coefficient (Wildman–Crippen LogP) is 1.73. The number of carbonyl (C=O) groups is 2. The number of ketones is 2. The van der Waals surface area contributed by atoms with E-state index in [1.807, 2.05) is 0 Å². The highest BCUT2D eigenvalue weighted by molar-refractivity contribution is 6.48. The quantitative estimate of drug-likeness (QED) is 0.639. The molecule has 4 nitrogen and oxygen atoms in total. The van der Waals surface area contributed by atoms with E-state index >= 15 is 0 Å². The van der Waals surface area contributed by atoms with Crippen molar-refractivity contribution in [3.63, 3.8) is 0 Å². The highest BCUT2D eigenvalue weighted by Gasteiger charge is 2.18. The smallest absolute Gasteiger partial charge is 0.251 e. The van der Waals surface area contributed by atoms with Crippen LogP contribution in [0, 0.1) is 0 Å². The van der Waals surface area contributed by atoms with Crippen LogP contribution < -0.4 is 5.73 Å². The van der Waals surface area contributed by atoms with Crippen LogP contribution in [0.4, 0.5) is 5.69 Å². The van der Waals surface area contributed by atoms with Crippen molar-refractivity contribution in [1.29, 1.82) is 0 Å². The SMILES string of the molecule is Nc1ccc(C(=O)C(=O)c2ccccc2)nc1. The Kier molecular flexibility index (Phi) is 2.96. The average molecular weight is 226 g/mol. The summed E-state index contributed by atoms with van der Waals surface area (Å²) >= 11 is 0. The van der Waals surface area contributed by atoms with Gasteiger partial charge in [0.15, 0.2) is 0 Å². The molecule has 1 aromatic carbocycles. The molecule has 84 valence electrons. The Morgan fingerprint density at radius 1 is 0.941 bits per heavy atom. The van der Waals surface area contributed by atoms with Gasteiger partial charge in [0.1, 0.15) is 5.69 Å². The van der Waals surface area contributed by atoms with E-state index in [2.05, 4.69) is 4.98 Å². The zero-order valence-electron chi connectivity index (χ0n) is 8.96. The molecule has 0 aliphatic carbocycles. The van der Waals surface area contributed by atoms with Crippen molar-refractivity contribution in [2.75, 3.05) is 5.73 Å². The van der Waals surface area contributed by atoms with Gasteiger partial charge in [0.2, 0.25) is 5.78 Å². The zero-order chi connectivity index (χ0) is 12.3. The first-order chi connectivity index (χ1) is 8.18. The van der Waals surface area contributed by atoms with Crippen LogP contribution in [0.2, 0.25) is 0 Å². The van der Waals surface area contributed by atoms with Crippen molar-refractivity contribution in [1.82, 2.24) is 4.98 Å². The lowest BCUT2D eigenvalue weighted by Crippen LogP contribution is -2.15. The van der Waals surface area contributed by atoms with Crippen molar-refractivity contribution in [2.24, 2.45) is 0 Å². The first-order valence-electron chi connectivity index (χ1n) is 5.04. The van der Waals surface area contributed by atoms with E-state index in [9.17, 15) is 9.59 Å². The van der Waals surface area contributed by atoms with E-state index in [-0.39, 0.29) is 5.69 Å². The fraction of sp³-hybridized carbons (Fsp3) is 0. The molecule has 2 N–H and O–H groups in total. The van der Waals surface area contributed by atoms with E-state index < -0.39 is 11.6 Å². The molecule has 1 heterocycles. The number of anilines is 1. The second-order valence-corrected chi connectivity index (χ2v) is 3.50. The number of benzene rings is 1. The number of rotatable bonds is 3. The van der Waals surface area contributed by atoms with Crippen molar-refractivity contribution in [3.05, 3.63) is 59.9 Å².